The van der Waals surface area contributed by atoms with Crippen molar-refractivity contribution in [2.45, 2.75) is 38.8 Å². The Morgan fingerprint density at radius 3 is 2.38 bits per heavy atom. The van der Waals surface area contributed by atoms with Crippen LogP contribution in [0.2, 0.25) is 0 Å². The molecular weight excluding hydrogens is 354 g/mol. The SMILES string of the molecule is CC(NC(=O)C(C)C1CNC1)c1ccc(OCC(=O)NC2CC2)cc1.Cl. The van der Waals surface area contributed by atoms with Crippen LogP contribution in [0.1, 0.15) is 38.3 Å². The molecule has 1 saturated heterocycles. The summed E-state index contributed by atoms with van der Waals surface area (Å²) < 4.78 is 5.50. The second-order valence-electron chi connectivity index (χ2n) is 7.14. The second-order valence-corrected chi connectivity index (χ2v) is 7.14. The molecule has 7 heteroatoms. The number of halogens is 1. The molecule has 144 valence electrons. The molecule has 3 N–H and O–H groups in total. The molecule has 1 saturated carbocycles. The maximum absolute atomic E-state index is 12.3. The third-order valence-electron chi connectivity index (χ3n) is 4.98. The predicted molar refractivity (Wildman–Crippen MR) is 102 cm³/mol. The van der Waals surface area contributed by atoms with Crippen LogP contribution in [0.5, 0.6) is 5.75 Å². The minimum absolute atomic E-state index is 0. The molecule has 2 fully saturated rings. The zero-order valence-corrected chi connectivity index (χ0v) is 16.1. The quantitative estimate of drug-likeness (QED) is 0.641. The number of benzene rings is 1. The molecule has 2 atom stereocenters. The van der Waals surface area contributed by atoms with Gasteiger partial charge in [-0.3, -0.25) is 9.59 Å². The normalized spacial score (nSPS) is 18.7. The minimum Gasteiger partial charge on any atom is -0.484 e. The Hall–Kier alpha value is -1.79. The Morgan fingerprint density at radius 1 is 1.19 bits per heavy atom. The molecule has 1 aliphatic heterocycles. The number of hydrogen-bond acceptors (Lipinski definition) is 4. The van der Waals surface area contributed by atoms with Crippen molar-refractivity contribution in [3.05, 3.63) is 29.8 Å². The molecule has 6 nitrogen and oxygen atoms in total. The van der Waals surface area contributed by atoms with Crippen molar-refractivity contribution >= 4 is 24.2 Å². The highest BCUT2D eigenvalue weighted by Gasteiger charge is 2.29. The van der Waals surface area contributed by atoms with E-state index in [2.05, 4.69) is 16.0 Å². The maximum atomic E-state index is 12.3. The van der Waals surface area contributed by atoms with Crippen LogP contribution in [-0.2, 0) is 9.59 Å². The molecule has 2 unspecified atom stereocenters. The number of carbonyl (C=O) groups excluding carboxylic acids is 2. The summed E-state index contributed by atoms with van der Waals surface area (Å²) in [6, 6.07) is 7.81. The van der Waals surface area contributed by atoms with Crippen LogP contribution in [-0.4, -0.2) is 37.6 Å². The van der Waals surface area contributed by atoms with Crippen LogP contribution in [0.25, 0.3) is 0 Å². The van der Waals surface area contributed by atoms with Crippen LogP contribution in [0, 0.1) is 11.8 Å². The van der Waals surface area contributed by atoms with Gasteiger partial charge in [0, 0.05) is 12.0 Å². The number of carbonyl (C=O) groups is 2. The average Bonchev–Trinajstić information content (AvgIpc) is 3.35. The van der Waals surface area contributed by atoms with Crippen LogP contribution in [0.4, 0.5) is 0 Å². The monoisotopic (exact) mass is 381 g/mol. The van der Waals surface area contributed by atoms with Gasteiger partial charge in [-0.1, -0.05) is 19.1 Å². The lowest BCUT2D eigenvalue weighted by atomic mass is 9.88. The van der Waals surface area contributed by atoms with E-state index in [-0.39, 0.29) is 42.8 Å². The van der Waals surface area contributed by atoms with Crippen LogP contribution < -0.4 is 20.7 Å². The molecule has 1 aromatic rings. The summed E-state index contributed by atoms with van der Waals surface area (Å²) in [6.45, 7) is 5.83. The van der Waals surface area contributed by atoms with E-state index < -0.39 is 0 Å². The lowest BCUT2D eigenvalue weighted by Crippen LogP contribution is -2.49. The molecular formula is C19H28ClN3O3. The summed E-state index contributed by atoms with van der Waals surface area (Å²) in [6.07, 6.45) is 2.14. The second kappa shape index (κ2) is 9.24. The molecule has 0 spiro atoms. The number of nitrogens with one attached hydrogen (secondary N) is 3. The van der Waals surface area contributed by atoms with E-state index in [9.17, 15) is 9.59 Å². The molecule has 2 amide bonds. The first-order valence-corrected chi connectivity index (χ1v) is 9.06. The van der Waals surface area contributed by atoms with Gasteiger partial charge in [-0.25, -0.2) is 0 Å². The maximum Gasteiger partial charge on any atom is 0.258 e. The van der Waals surface area contributed by atoms with Crippen LogP contribution in [0.15, 0.2) is 24.3 Å². The zero-order chi connectivity index (χ0) is 17.8. The molecule has 1 aromatic carbocycles. The number of hydrogen-bond donors (Lipinski definition) is 3. The lowest BCUT2D eigenvalue weighted by molar-refractivity contribution is -0.127. The van der Waals surface area contributed by atoms with E-state index >= 15 is 0 Å². The van der Waals surface area contributed by atoms with E-state index in [0.29, 0.717) is 17.7 Å². The van der Waals surface area contributed by atoms with Gasteiger partial charge in [0.2, 0.25) is 5.91 Å². The minimum atomic E-state index is -0.0771. The first-order chi connectivity index (χ1) is 12.0. The molecule has 0 aromatic heterocycles. The molecule has 3 rings (SSSR count). The molecule has 0 bridgehead atoms. The Labute approximate surface area is 160 Å². The number of ether oxygens (including phenoxy) is 1. The van der Waals surface area contributed by atoms with Crippen molar-refractivity contribution < 1.29 is 14.3 Å². The van der Waals surface area contributed by atoms with E-state index in [1.165, 1.54) is 0 Å². The number of rotatable bonds is 8. The zero-order valence-electron chi connectivity index (χ0n) is 15.3. The summed E-state index contributed by atoms with van der Waals surface area (Å²) in [7, 11) is 0. The highest BCUT2D eigenvalue weighted by Crippen LogP contribution is 2.21. The largest absolute Gasteiger partial charge is 0.484 e. The Morgan fingerprint density at radius 2 is 1.85 bits per heavy atom. The Bertz CT molecular complexity index is 615. The molecule has 2 aliphatic rings. The highest BCUT2D eigenvalue weighted by molar-refractivity contribution is 5.85. The van der Waals surface area contributed by atoms with E-state index in [1.807, 2.05) is 38.1 Å². The lowest BCUT2D eigenvalue weighted by Gasteiger charge is -2.32. The fraction of sp³-hybridized carbons (Fsp3) is 0.579. The van der Waals surface area contributed by atoms with Gasteiger partial charge in [-0.15, -0.1) is 12.4 Å². The van der Waals surface area contributed by atoms with E-state index in [4.69, 9.17) is 4.74 Å². The fourth-order valence-electron chi connectivity index (χ4n) is 2.81. The van der Waals surface area contributed by atoms with Crippen molar-refractivity contribution in [1.82, 2.24) is 16.0 Å². The standard InChI is InChI=1S/C19H27N3O3.ClH/c1-12(15-9-20-10-15)19(24)21-13(2)14-3-7-17(8-4-14)25-11-18(23)22-16-5-6-16;/h3-4,7-8,12-13,15-16,20H,5-6,9-11H2,1-2H3,(H,21,24)(H,22,23);1H. The van der Waals surface area contributed by atoms with Gasteiger partial charge >= 0.3 is 0 Å². The third-order valence-corrected chi connectivity index (χ3v) is 4.98. The van der Waals surface area contributed by atoms with Crippen LogP contribution in [0.3, 0.4) is 0 Å². The van der Waals surface area contributed by atoms with Gasteiger partial charge in [0.15, 0.2) is 6.61 Å². The van der Waals surface area contributed by atoms with Gasteiger partial charge in [0.1, 0.15) is 5.75 Å². The summed E-state index contributed by atoms with van der Waals surface area (Å²) >= 11 is 0. The summed E-state index contributed by atoms with van der Waals surface area (Å²) in [5, 5.41) is 9.16. The number of amides is 2. The van der Waals surface area contributed by atoms with Gasteiger partial charge in [-0.2, -0.15) is 0 Å². The van der Waals surface area contributed by atoms with Gasteiger partial charge in [0.05, 0.1) is 6.04 Å². The first-order valence-electron chi connectivity index (χ1n) is 9.06. The van der Waals surface area contributed by atoms with Crippen LogP contribution >= 0.6 is 12.4 Å². The summed E-state index contributed by atoms with van der Waals surface area (Å²) in [4.78, 5) is 23.9. The molecule has 1 heterocycles. The Kier molecular flexibility index (Phi) is 7.29. The summed E-state index contributed by atoms with van der Waals surface area (Å²) in [5.41, 5.74) is 1.02. The predicted octanol–water partition coefficient (Wildman–Crippen LogP) is 1.80. The highest BCUT2D eigenvalue weighted by atomic mass is 35.5. The topological polar surface area (TPSA) is 79.5 Å². The third kappa shape index (κ3) is 5.61. The van der Waals surface area contributed by atoms with Gasteiger partial charge in [-0.05, 0) is 56.5 Å². The van der Waals surface area contributed by atoms with Crippen molar-refractivity contribution in [3.63, 3.8) is 0 Å². The van der Waals surface area contributed by atoms with Gasteiger partial charge < -0.3 is 20.7 Å². The molecule has 0 radical (unpaired) electrons. The molecule has 1 aliphatic carbocycles. The smallest absolute Gasteiger partial charge is 0.258 e. The van der Waals surface area contributed by atoms with Gasteiger partial charge in [0.25, 0.3) is 5.91 Å². The van der Waals surface area contributed by atoms with Crippen molar-refractivity contribution in [2.75, 3.05) is 19.7 Å². The van der Waals surface area contributed by atoms with E-state index in [1.54, 1.807) is 0 Å². The van der Waals surface area contributed by atoms with Crippen molar-refractivity contribution in [1.29, 1.82) is 0 Å². The first kappa shape index (κ1) is 20.5. The van der Waals surface area contributed by atoms with E-state index in [0.717, 1.165) is 31.5 Å². The fourth-order valence-corrected chi connectivity index (χ4v) is 2.81. The van der Waals surface area contributed by atoms with Crippen molar-refractivity contribution in [2.24, 2.45) is 11.8 Å². The Balaban J connectivity index is 0.00000243. The molecule has 26 heavy (non-hydrogen) atoms. The summed E-state index contributed by atoms with van der Waals surface area (Å²) in [5.74, 6) is 1.13. The average molecular weight is 382 g/mol. The van der Waals surface area contributed by atoms with Crippen molar-refractivity contribution in [3.8, 4) is 5.75 Å².